The van der Waals surface area contributed by atoms with Crippen LogP contribution in [0.5, 0.6) is 0 Å². The second-order valence-electron chi connectivity index (χ2n) is 3.41. The van der Waals surface area contributed by atoms with Crippen molar-refractivity contribution in [1.29, 1.82) is 0 Å². The minimum atomic E-state index is -0.0387. The van der Waals surface area contributed by atoms with Crippen LogP contribution in [0.3, 0.4) is 0 Å². The van der Waals surface area contributed by atoms with Gasteiger partial charge < -0.3 is 10.5 Å². The van der Waals surface area contributed by atoms with Gasteiger partial charge in [0.25, 0.3) is 0 Å². The molecule has 0 aliphatic heterocycles. The van der Waals surface area contributed by atoms with Gasteiger partial charge >= 0.3 is 0 Å². The number of rotatable bonds is 5. The van der Waals surface area contributed by atoms with Gasteiger partial charge in [-0.2, -0.15) is 0 Å². The van der Waals surface area contributed by atoms with E-state index < -0.39 is 0 Å². The van der Waals surface area contributed by atoms with Crippen molar-refractivity contribution in [3.8, 4) is 0 Å². The van der Waals surface area contributed by atoms with Crippen LogP contribution in [0.2, 0.25) is 0 Å². The average Bonchev–Trinajstić information content (AvgIpc) is 2.18. The molecule has 2 N–H and O–H groups in total. The molecule has 3 nitrogen and oxygen atoms in total. The maximum absolute atomic E-state index is 5.95. The summed E-state index contributed by atoms with van der Waals surface area (Å²) < 4.78 is 5.39. The molecular formula is C11H18N2O. The maximum Gasteiger partial charge on any atom is 0.0659 e. The van der Waals surface area contributed by atoms with E-state index in [-0.39, 0.29) is 6.04 Å². The number of ether oxygens (including phenoxy) is 1. The van der Waals surface area contributed by atoms with E-state index >= 15 is 0 Å². The number of aryl methyl sites for hydroxylation is 1. The molecule has 0 radical (unpaired) electrons. The molecule has 1 rings (SSSR count). The highest BCUT2D eigenvalue weighted by atomic mass is 16.5. The van der Waals surface area contributed by atoms with Crippen molar-refractivity contribution >= 4 is 0 Å². The minimum Gasteiger partial charge on any atom is -0.379 e. The Morgan fingerprint density at radius 3 is 3.00 bits per heavy atom. The summed E-state index contributed by atoms with van der Waals surface area (Å²) in [7, 11) is 0. The zero-order chi connectivity index (χ0) is 10.4. The molecule has 0 amide bonds. The van der Waals surface area contributed by atoms with Gasteiger partial charge in [0.1, 0.15) is 0 Å². The normalized spacial score (nSPS) is 12.8. The fraction of sp³-hybridized carbons (Fsp3) is 0.545. The SMILES string of the molecule is CCCOCC(N)c1ccnc(C)c1. The van der Waals surface area contributed by atoms with Gasteiger partial charge in [0, 0.05) is 18.5 Å². The van der Waals surface area contributed by atoms with Crippen molar-refractivity contribution in [2.24, 2.45) is 5.73 Å². The van der Waals surface area contributed by atoms with E-state index in [0.29, 0.717) is 6.61 Å². The molecule has 14 heavy (non-hydrogen) atoms. The standard InChI is InChI=1S/C11H18N2O/c1-3-6-14-8-11(12)10-4-5-13-9(2)7-10/h4-5,7,11H,3,6,8,12H2,1-2H3. The smallest absolute Gasteiger partial charge is 0.0659 e. The van der Waals surface area contributed by atoms with Gasteiger partial charge in [0.05, 0.1) is 12.6 Å². The summed E-state index contributed by atoms with van der Waals surface area (Å²) in [5.41, 5.74) is 8.04. The summed E-state index contributed by atoms with van der Waals surface area (Å²) in [6, 6.07) is 3.90. The molecule has 0 bridgehead atoms. The molecule has 0 saturated heterocycles. The van der Waals surface area contributed by atoms with Crippen molar-refractivity contribution in [1.82, 2.24) is 4.98 Å². The molecule has 0 aliphatic rings. The number of hydrogen-bond donors (Lipinski definition) is 1. The van der Waals surface area contributed by atoms with Gasteiger partial charge in [-0.1, -0.05) is 6.92 Å². The summed E-state index contributed by atoms with van der Waals surface area (Å²) in [4.78, 5) is 4.12. The Hall–Kier alpha value is -0.930. The van der Waals surface area contributed by atoms with Gasteiger partial charge in [-0.15, -0.1) is 0 Å². The summed E-state index contributed by atoms with van der Waals surface area (Å²) >= 11 is 0. The van der Waals surface area contributed by atoms with Gasteiger partial charge in [-0.05, 0) is 31.0 Å². The van der Waals surface area contributed by atoms with Crippen LogP contribution in [-0.2, 0) is 4.74 Å². The molecule has 1 heterocycles. The van der Waals surface area contributed by atoms with E-state index in [9.17, 15) is 0 Å². The Morgan fingerprint density at radius 1 is 1.57 bits per heavy atom. The largest absolute Gasteiger partial charge is 0.379 e. The first-order valence-corrected chi connectivity index (χ1v) is 5.00. The van der Waals surface area contributed by atoms with Crippen LogP contribution >= 0.6 is 0 Å². The number of pyridine rings is 1. The molecule has 1 aromatic rings. The fourth-order valence-corrected chi connectivity index (χ4v) is 1.25. The van der Waals surface area contributed by atoms with E-state index in [4.69, 9.17) is 10.5 Å². The molecule has 1 unspecified atom stereocenters. The lowest BCUT2D eigenvalue weighted by molar-refractivity contribution is 0.121. The Morgan fingerprint density at radius 2 is 2.36 bits per heavy atom. The zero-order valence-electron chi connectivity index (χ0n) is 8.86. The predicted molar refractivity (Wildman–Crippen MR) is 57.0 cm³/mol. The average molecular weight is 194 g/mol. The minimum absolute atomic E-state index is 0.0387. The molecule has 1 aromatic heterocycles. The van der Waals surface area contributed by atoms with Crippen LogP contribution in [0.1, 0.15) is 30.6 Å². The molecule has 0 aromatic carbocycles. The fourth-order valence-electron chi connectivity index (χ4n) is 1.25. The van der Waals surface area contributed by atoms with Crippen LogP contribution in [0, 0.1) is 6.92 Å². The van der Waals surface area contributed by atoms with Gasteiger partial charge in [0.15, 0.2) is 0 Å². The highest BCUT2D eigenvalue weighted by molar-refractivity contribution is 5.18. The molecule has 1 atom stereocenters. The lowest BCUT2D eigenvalue weighted by Gasteiger charge is -2.12. The monoisotopic (exact) mass is 194 g/mol. The van der Waals surface area contributed by atoms with E-state index in [1.165, 1.54) is 0 Å². The second kappa shape index (κ2) is 5.73. The third-order valence-electron chi connectivity index (χ3n) is 1.99. The van der Waals surface area contributed by atoms with Crippen molar-refractivity contribution in [2.75, 3.05) is 13.2 Å². The molecule has 0 spiro atoms. The van der Waals surface area contributed by atoms with Crippen molar-refractivity contribution in [3.05, 3.63) is 29.6 Å². The number of nitrogens with two attached hydrogens (primary N) is 1. The summed E-state index contributed by atoms with van der Waals surface area (Å²) in [6.07, 6.45) is 2.81. The third kappa shape index (κ3) is 3.44. The quantitative estimate of drug-likeness (QED) is 0.727. The van der Waals surface area contributed by atoms with Crippen molar-refractivity contribution < 1.29 is 4.74 Å². The molecule has 0 fully saturated rings. The highest BCUT2D eigenvalue weighted by Gasteiger charge is 2.05. The van der Waals surface area contributed by atoms with Crippen LogP contribution in [0.15, 0.2) is 18.3 Å². The summed E-state index contributed by atoms with van der Waals surface area (Å²) in [5, 5.41) is 0. The molecule has 3 heteroatoms. The third-order valence-corrected chi connectivity index (χ3v) is 1.99. The molecule has 0 saturated carbocycles. The van der Waals surface area contributed by atoms with E-state index in [2.05, 4.69) is 11.9 Å². The number of aromatic nitrogens is 1. The second-order valence-corrected chi connectivity index (χ2v) is 3.41. The van der Waals surface area contributed by atoms with Gasteiger partial charge in [0.2, 0.25) is 0 Å². The van der Waals surface area contributed by atoms with E-state index in [1.54, 1.807) is 6.20 Å². The summed E-state index contributed by atoms with van der Waals surface area (Å²) in [5.74, 6) is 0. The Labute approximate surface area is 85.3 Å². The Kier molecular flexibility index (Phi) is 4.56. The highest BCUT2D eigenvalue weighted by Crippen LogP contribution is 2.10. The predicted octanol–water partition coefficient (Wildman–Crippen LogP) is 1.82. The number of nitrogens with zero attached hydrogens (tertiary/aromatic N) is 1. The van der Waals surface area contributed by atoms with Crippen molar-refractivity contribution in [3.63, 3.8) is 0 Å². The number of hydrogen-bond acceptors (Lipinski definition) is 3. The van der Waals surface area contributed by atoms with Crippen LogP contribution < -0.4 is 5.73 Å². The van der Waals surface area contributed by atoms with Crippen LogP contribution in [0.4, 0.5) is 0 Å². The van der Waals surface area contributed by atoms with Crippen LogP contribution in [-0.4, -0.2) is 18.2 Å². The maximum atomic E-state index is 5.95. The topological polar surface area (TPSA) is 48.1 Å². The van der Waals surface area contributed by atoms with Gasteiger partial charge in [-0.3, -0.25) is 4.98 Å². The lowest BCUT2D eigenvalue weighted by atomic mass is 10.1. The van der Waals surface area contributed by atoms with E-state index in [1.807, 2.05) is 19.1 Å². The van der Waals surface area contributed by atoms with Crippen molar-refractivity contribution in [2.45, 2.75) is 26.3 Å². The summed E-state index contributed by atoms with van der Waals surface area (Å²) in [6.45, 7) is 5.40. The first-order valence-electron chi connectivity index (χ1n) is 5.00. The first kappa shape index (κ1) is 11.1. The van der Waals surface area contributed by atoms with Gasteiger partial charge in [-0.25, -0.2) is 0 Å². The molecule has 78 valence electrons. The molecular weight excluding hydrogens is 176 g/mol. The Balaban J connectivity index is 2.47. The molecule has 0 aliphatic carbocycles. The first-order chi connectivity index (χ1) is 6.74. The zero-order valence-corrected chi connectivity index (χ0v) is 8.86. The Bertz CT molecular complexity index is 276. The van der Waals surface area contributed by atoms with Crippen LogP contribution in [0.25, 0.3) is 0 Å². The lowest BCUT2D eigenvalue weighted by Crippen LogP contribution is -2.17. The van der Waals surface area contributed by atoms with E-state index in [0.717, 1.165) is 24.3 Å².